The molecule has 0 unspecified atom stereocenters. The molecule has 28 heavy (non-hydrogen) atoms. The molecular weight excluding hydrogens is 356 g/mol. The largest absolute Gasteiger partial charge is 0.361 e. The van der Waals surface area contributed by atoms with Crippen molar-refractivity contribution < 1.29 is 9.32 Å². The first-order chi connectivity index (χ1) is 13.7. The molecule has 0 bridgehead atoms. The van der Waals surface area contributed by atoms with Gasteiger partial charge in [-0.1, -0.05) is 11.2 Å². The van der Waals surface area contributed by atoms with Gasteiger partial charge < -0.3 is 9.42 Å². The van der Waals surface area contributed by atoms with E-state index in [9.17, 15) is 4.79 Å². The first-order valence-electron chi connectivity index (χ1n) is 9.17. The second-order valence-corrected chi connectivity index (χ2v) is 6.99. The summed E-state index contributed by atoms with van der Waals surface area (Å²) >= 11 is 0. The topological polar surface area (TPSA) is 89.4 Å². The van der Waals surface area contributed by atoms with E-state index in [1.54, 1.807) is 28.6 Å². The maximum atomic E-state index is 12.6. The number of pyridine rings is 2. The summed E-state index contributed by atoms with van der Waals surface area (Å²) in [4.78, 5) is 23.2. The molecule has 0 saturated carbocycles. The van der Waals surface area contributed by atoms with Gasteiger partial charge in [0.25, 0.3) is 5.91 Å². The second-order valence-electron chi connectivity index (χ2n) is 6.99. The maximum absolute atomic E-state index is 12.6. The van der Waals surface area contributed by atoms with Crippen LogP contribution in [0.5, 0.6) is 0 Å². The predicted octanol–water partition coefficient (Wildman–Crippen LogP) is 2.72. The van der Waals surface area contributed by atoms with Crippen LogP contribution in [0.2, 0.25) is 0 Å². The zero-order chi connectivity index (χ0) is 19.1. The summed E-state index contributed by atoms with van der Waals surface area (Å²) < 4.78 is 6.81. The fraction of sp³-hybridized carbons (Fsp3) is 0.250. The van der Waals surface area contributed by atoms with Gasteiger partial charge >= 0.3 is 0 Å². The van der Waals surface area contributed by atoms with E-state index in [0.29, 0.717) is 24.5 Å². The molecule has 1 fully saturated rings. The lowest BCUT2D eigenvalue weighted by Crippen LogP contribution is -2.28. The molecule has 0 radical (unpaired) electrons. The van der Waals surface area contributed by atoms with Gasteiger partial charge in [0.05, 0.1) is 0 Å². The summed E-state index contributed by atoms with van der Waals surface area (Å²) in [5.74, 6) is 1.39. The number of hydrogen-bond donors (Lipinski definition) is 0. The minimum Gasteiger partial charge on any atom is -0.361 e. The summed E-state index contributed by atoms with van der Waals surface area (Å²) in [6.45, 7) is 3.01. The van der Waals surface area contributed by atoms with Gasteiger partial charge in [-0.3, -0.25) is 9.78 Å². The Morgan fingerprint density at radius 2 is 2.18 bits per heavy atom. The van der Waals surface area contributed by atoms with E-state index >= 15 is 0 Å². The standard InChI is InChI=1S/C20H18N6O2/c1-13-9-17(24-28-13)20(27)25-8-6-16(11-25)19-22-18-5-4-15(12-26(18)23-19)14-3-2-7-21-10-14/h2-5,7,9-10,12,16H,6,8,11H2,1H3/t16-/m1/s1. The number of likely N-dealkylation sites (tertiary alicyclic amines) is 1. The van der Waals surface area contributed by atoms with Crippen molar-refractivity contribution in [1.29, 1.82) is 0 Å². The van der Waals surface area contributed by atoms with Crippen molar-refractivity contribution in [3.05, 3.63) is 66.2 Å². The zero-order valence-corrected chi connectivity index (χ0v) is 15.3. The Labute approximate surface area is 160 Å². The molecule has 4 aromatic heterocycles. The molecule has 0 aliphatic carbocycles. The number of nitrogens with zero attached hydrogens (tertiary/aromatic N) is 6. The number of carbonyl (C=O) groups excluding carboxylic acids is 1. The average Bonchev–Trinajstić information content (AvgIpc) is 3.46. The molecule has 5 rings (SSSR count). The van der Waals surface area contributed by atoms with Crippen molar-refractivity contribution in [3.8, 4) is 11.1 Å². The van der Waals surface area contributed by atoms with Gasteiger partial charge in [0.15, 0.2) is 17.2 Å². The van der Waals surface area contributed by atoms with Crippen LogP contribution in [0.3, 0.4) is 0 Å². The van der Waals surface area contributed by atoms with E-state index in [0.717, 1.165) is 29.0 Å². The quantitative estimate of drug-likeness (QED) is 0.548. The zero-order valence-electron chi connectivity index (χ0n) is 15.3. The fourth-order valence-corrected chi connectivity index (χ4v) is 3.56. The monoisotopic (exact) mass is 374 g/mol. The molecule has 1 amide bonds. The van der Waals surface area contributed by atoms with Crippen molar-refractivity contribution in [2.75, 3.05) is 13.1 Å². The van der Waals surface area contributed by atoms with Gasteiger partial charge in [-0.25, -0.2) is 9.50 Å². The number of amides is 1. The van der Waals surface area contributed by atoms with Gasteiger partial charge in [-0.05, 0) is 31.5 Å². The Hall–Kier alpha value is -3.55. The summed E-state index contributed by atoms with van der Waals surface area (Å²) in [6, 6.07) is 9.56. The number of fused-ring (bicyclic) bond motifs is 1. The van der Waals surface area contributed by atoms with Crippen LogP contribution in [0.4, 0.5) is 0 Å². The second kappa shape index (κ2) is 6.56. The van der Waals surface area contributed by atoms with Crippen LogP contribution >= 0.6 is 0 Å². The smallest absolute Gasteiger partial charge is 0.276 e. The lowest BCUT2D eigenvalue weighted by atomic mass is 10.1. The van der Waals surface area contributed by atoms with Crippen molar-refractivity contribution >= 4 is 11.6 Å². The van der Waals surface area contributed by atoms with Crippen LogP contribution in [-0.2, 0) is 0 Å². The third-order valence-electron chi connectivity index (χ3n) is 5.03. The average molecular weight is 374 g/mol. The molecule has 140 valence electrons. The van der Waals surface area contributed by atoms with Crippen LogP contribution in [-0.4, -0.2) is 48.6 Å². The Morgan fingerprint density at radius 1 is 1.25 bits per heavy atom. The van der Waals surface area contributed by atoms with Crippen LogP contribution in [0.1, 0.15) is 34.4 Å². The van der Waals surface area contributed by atoms with Crippen molar-refractivity contribution in [2.24, 2.45) is 0 Å². The maximum Gasteiger partial charge on any atom is 0.276 e. The number of carbonyl (C=O) groups is 1. The SMILES string of the molecule is Cc1cc(C(=O)N2CC[C@@H](c3nc4ccc(-c5cccnc5)cn4n3)C2)no1. The summed E-state index contributed by atoms with van der Waals surface area (Å²) in [6.07, 6.45) is 6.36. The van der Waals surface area contributed by atoms with Gasteiger partial charge in [0, 0.05) is 54.8 Å². The van der Waals surface area contributed by atoms with Gasteiger partial charge in [-0.15, -0.1) is 0 Å². The van der Waals surface area contributed by atoms with Crippen LogP contribution in [0.25, 0.3) is 16.8 Å². The predicted molar refractivity (Wildman–Crippen MR) is 101 cm³/mol. The molecule has 1 aliphatic heterocycles. The molecule has 4 aromatic rings. The Morgan fingerprint density at radius 3 is 2.96 bits per heavy atom. The molecule has 1 aliphatic rings. The Balaban J connectivity index is 1.37. The van der Waals surface area contributed by atoms with E-state index in [2.05, 4.69) is 20.2 Å². The summed E-state index contributed by atoms with van der Waals surface area (Å²) in [7, 11) is 0. The van der Waals surface area contributed by atoms with Gasteiger partial charge in [-0.2, -0.15) is 5.10 Å². The highest BCUT2D eigenvalue weighted by Gasteiger charge is 2.31. The van der Waals surface area contributed by atoms with Crippen LogP contribution in [0.15, 0.2) is 53.4 Å². The highest BCUT2D eigenvalue weighted by atomic mass is 16.5. The summed E-state index contributed by atoms with van der Waals surface area (Å²) in [5.41, 5.74) is 3.20. The Bertz CT molecular complexity index is 1150. The summed E-state index contributed by atoms with van der Waals surface area (Å²) in [5, 5.41) is 8.49. The highest BCUT2D eigenvalue weighted by Crippen LogP contribution is 2.27. The van der Waals surface area contributed by atoms with Crippen LogP contribution in [0, 0.1) is 6.92 Å². The van der Waals surface area contributed by atoms with Crippen molar-refractivity contribution in [1.82, 2.24) is 29.6 Å². The van der Waals surface area contributed by atoms with E-state index in [-0.39, 0.29) is 11.8 Å². The highest BCUT2D eigenvalue weighted by molar-refractivity contribution is 5.92. The minimum atomic E-state index is -0.109. The van der Waals surface area contributed by atoms with Crippen molar-refractivity contribution in [2.45, 2.75) is 19.3 Å². The third-order valence-corrected chi connectivity index (χ3v) is 5.03. The van der Waals surface area contributed by atoms with E-state index < -0.39 is 0 Å². The molecule has 0 aromatic carbocycles. The first kappa shape index (κ1) is 16.6. The number of rotatable bonds is 3. The van der Waals surface area contributed by atoms with Crippen LogP contribution < -0.4 is 0 Å². The molecule has 8 heteroatoms. The normalized spacial score (nSPS) is 16.8. The molecule has 1 saturated heterocycles. The van der Waals surface area contributed by atoms with Crippen molar-refractivity contribution in [3.63, 3.8) is 0 Å². The fourth-order valence-electron chi connectivity index (χ4n) is 3.56. The third kappa shape index (κ3) is 2.92. The minimum absolute atomic E-state index is 0.109. The molecule has 8 nitrogen and oxygen atoms in total. The van der Waals surface area contributed by atoms with E-state index in [1.807, 2.05) is 36.7 Å². The molecule has 0 N–H and O–H groups in total. The van der Waals surface area contributed by atoms with Gasteiger partial charge in [0.1, 0.15) is 5.76 Å². The lowest BCUT2D eigenvalue weighted by molar-refractivity contribution is 0.0780. The van der Waals surface area contributed by atoms with E-state index in [1.165, 1.54) is 0 Å². The van der Waals surface area contributed by atoms with E-state index in [4.69, 9.17) is 4.52 Å². The Kier molecular flexibility index (Phi) is 3.89. The number of aromatic nitrogens is 5. The molecule has 0 spiro atoms. The van der Waals surface area contributed by atoms with Gasteiger partial charge in [0.2, 0.25) is 0 Å². The number of hydrogen-bond acceptors (Lipinski definition) is 6. The first-order valence-corrected chi connectivity index (χ1v) is 9.17. The molecule has 5 heterocycles. The molecular formula is C20H18N6O2. The number of aryl methyl sites for hydroxylation is 1. The molecule has 1 atom stereocenters. The lowest BCUT2D eigenvalue weighted by Gasteiger charge is -2.13.